The smallest absolute Gasteiger partial charge is 0.318 e. The summed E-state index contributed by atoms with van der Waals surface area (Å²) in [6, 6.07) is 13.9. The number of benzene rings is 2. The zero-order chi connectivity index (χ0) is 24.6. The highest BCUT2D eigenvalue weighted by molar-refractivity contribution is 6.36. The molecule has 0 amide bonds. The number of hydrogen-bond donors (Lipinski definition) is 1. The Morgan fingerprint density at radius 1 is 1.14 bits per heavy atom. The summed E-state index contributed by atoms with van der Waals surface area (Å²) in [7, 11) is 4.35. The van der Waals surface area contributed by atoms with Crippen molar-refractivity contribution in [3.8, 4) is 6.01 Å². The molecule has 2 saturated heterocycles. The number of hydrogen-bond acceptors (Lipinski definition) is 7. The number of ether oxygens (including phenoxy) is 1. The van der Waals surface area contributed by atoms with Gasteiger partial charge < -0.3 is 24.8 Å². The Morgan fingerprint density at radius 3 is 2.78 bits per heavy atom. The van der Waals surface area contributed by atoms with E-state index in [0.29, 0.717) is 31.2 Å². The van der Waals surface area contributed by atoms with Crippen molar-refractivity contribution in [3.05, 3.63) is 52.7 Å². The van der Waals surface area contributed by atoms with Crippen LogP contribution in [0.1, 0.15) is 30.5 Å². The van der Waals surface area contributed by atoms with Gasteiger partial charge in [0.15, 0.2) is 0 Å². The molecule has 6 rings (SSSR count). The van der Waals surface area contributed by atoms with Gasteiger partial charge in [-0.15, -0.1) is 0 Å². The number of anilines is 2. The number of rotatable bonds is 6. The maximum atomic E-state index is 6.67. The standard InChI is InChI=1S/C28H35ClN6O/c1-33-14-5-8-21(33)18-36-28-31-24-17-35(25-10-4-7-19-6-3-9-23(29)26(19)25)15-12-22(24)27(32-28)34(2)20-11-13-30-16-20/h3-4,6-7,9-10,20-21,30H,5,8,11-18H2,1-2H3. The van der Waals surface area contributed by atoms with Crippen molar-refractivity contribution < 1.29 is 4.74 Å². The minimum atomic E-state index is 0.430. The molecule has 3 aromatic rings. The van der Waals surface area contributed by atoms with Crippen molar-refractivity contribution in [2.24, 2.45) is 0 Å². The average Bonchev–Trinajstić information content (AvgIpc) is 3.58. The Bertz CT molecular complexity index is 1240. The van der Waals surface area contributed by atoms with E-state index in [-0.39, 0.29) is 0 Å². The van der Waals surface area contributed by atoms with Crippen LogP contribution in [0.25, 0.3) is 10.8 Å². The van der Waals surface area contributed by atoms with Crippen LogP contribution in [0.4, 0.5) is 11.5 Å². The molecule has 0 bridgehead atoms. The number of likely N-dealkylation sites (N-methyl/N-ethyl adjacent to an activating group) is 2. The molecule has 190 valence electrons. The van der Waals surface area contributed by atoms with Crippen molar-refractivity contribution in [2.45, 2.75) is 44.3 Å². The molecule has 2 fully saturated rings. The lowest BCUT2D eigenvalue weighted by molar-refractivity contribution is 0.187. The summed E-state index contributed by atoms with van der Waals surface area (Å²) < 4.78 is 6.26. The van der Waals surface area contributed by atoms with E-state index in [2.05, 4.69) is 58.4 Å². The summed E-state index contributed by atoms with van der Waals surface area (Å²) >= 11 is 6.67. The van der Waals surface area contributed by atoms with Gasteiger partial charge in [0.05, 0.1) is 17.3 Å². The normalized spacial score (nSPS) is 22.2. The topological polar surface area (TPSA) is 56.8 Å². The first-order chi connectivity index (χ1) is 17.6. The molecule has 1 N–H and O–H groups in total. The second kappa shape index (κ2) is 10.0. The lowest BCUT2D eigenvalue weighted by Crippen LogP contribution is -2.38. The van der Waals surface area contributed by atoms with Gasteiger partial charge in [-0.2, -0.15) is 9.97 Å². The first-order valence-corrected chi connectivity index (χ1v) is 13.5. The van der Waals surface area contributed by atoms with Crippen LogP contribution in [-0.4, -0.2) is 73.8 Å². The number of aromatic nitrogens is 2. The van der Waals surface area contributed by atoms with Gasteiger partial charge in [0.25, 0.3) is 0 Å². The van der Waals surface area contributed by atoms with E-state index in [1.807, 2.05) is 12.1 Å². The molecule has 3 aliphatic rings. The first-order valence-electron chi connectivity index (χ1n) is 13.2. The summed E-state index contributed by atoms with van der Waals surface area (Å²) in [6.45, 7) is 5.41. The third kappa shape index (κ3) is 4.49. The largest absolute Gasteiger partial charge is 0.462 e. The minimum absolute atomic E-state index is 0.430. The Morgan fingerprint density at radius 2 is 2.00 bits per heavy atom. The predicted octanol–water partition coefficient (Wildman–Crippen LogP) is 4.12. The fraction of sp³-hybridized carbons (Fsp3) is 0.500. The van der Waals surface area contributed by atoms with Gasteiger partial charge in [0, 0.05) is 48.9 Å². The molecular formula is C28H35ClN6O. The zero-order valence-electron chi connectivity index (χ0n) is 21.2. The van der Waals surface area contributed by atoms with Crippen LogP contribution in [0.5, 0.6) is 6.01 Å². The highest BCUT2D eigenvalue weighted by atomic mass is 35.5. The molecule has 8 heteroatoms. The number of likely N-dealkylation sites (tertiary alicyclic amines) is 1. The summed E-state index contributed by atoms with van der Waals surface area (Å²) in [5.41, 5.74) is 3.47. The van der Waals surface area contributed by atoms with E-state index < -0.39 is 0 Å². The maximum Gasteiger partial charge on any atom is 0.318 e. The van der Waals surface area contributed by atoms with E-state index in [4.69, 9.17) is 26.3 Å². The highest BCUT2D eigenvalue weighted by Crippen LogP contribution is 2.37. The first kappa shape index (κ1) is 23.8. The van der Waals surface area contributed by atoms with Crippen molar-refractivity contribution >= 4 is 33.9 Å². The molecule has 36 heavy (non-hydrogen) atoms. The van der Waals surface area contributed by atoms with Crippen LogP contribution < -0.4 is 19.9 Å². The zero-order valence-corrected chi connectivity index (χ0v) is 22.0. The van der Waals surface area contributed by atoms with Gasteiger partial charge >= 0.3 is 6.01 Å². The molecule has 0 aliphatic carbocycles. The van der Waals surface area contributed by atoms with Crippen LogP contribution in [-0.2, 0) is 13.0 Å². The number of nitrogens with zero attached hydrogens (tertiary/aromatic N) is 5. The van der Waals surface area contributed by atoms with Gasteiger partial charge in [-0.3, -0.25) is 0 Å². The summed E-state index contributed by atoms with van der Waals surface area (Å²) in [4.78, 5) is 17.1. The van der Waals surface area contributed by atoms with Gasteiger partial charge in [-0.05, 0) is 63.3 Å². The second-order valence-corrected chi connectivity index (χ2v) is 10.8. The van der Waals surface area contributed by atoms with E-state index in [0.717, 1.165) is 78.4 Å². The van der Waals surface area contributed by atoms with E-state index in [9.17, 15) is 0 Å². The lowest BCUT2D eigenvalue weighted by atomic mass is 10.0. The molecule has 0 radical (unpaired) electrons. The molecule has 0 saturated carbocycles. The lowest BCUT2D eigenvalue weighted by Gasteiger charge is -2.34. The van der Waals surface area contributed by atoms with Crippen LogP contribution >= 0.6 is 11.6 Å². The quantitative estimate of drug-likeness (QED) is 0.539. The summed E-state index contributed by atoms with van der Waals surface area (Å²) in [6.07, 6.45) is 4.40. The summed E-state index contributed by atoms with van der Waals surface area (Å²) in [5, 5.41) is 6.55. The highest BCUT2D eigenvalue weighted by Gasteiger charge is 2.30. The Balaban J connectivity index is 1.34. The van der Waals surface area contributed by atoms with Crippen molar-refractivity contribution in [1.29, 1.82) is 0 Å². The molecule has 2 aromatic carbocycles. The van der Waals surface area contributed by atoms with Gasteiger partial charge in [0.2, 0.25) is 0 Å². The fourth-order valence-corrected chi connectivity index (χ4v) is 6.27. The number of halogens is 1. The van der Waals surface area contributed by atoms with Crippen molar-refractivity contribution in [1.82, 2.24) is 20.2 Å². The molecule has 7 nitrogen and oxygen atoms in total. The number of fused-ring (bicyclic) bond motifs is 2. The number of nitrogens with one attached hydrogen (secondary N) is 1. The van der Waals surface area contributed by atoms with Gasteiger partial charge in [-0.1, -0.05) is 35.9 Å². The molecule has 3 aliphatic heterocycles. The Hall–Kier alpha value is -2.61. The van der Waals surface area contributed by atoms with Crippen molar-refractivity contribution in [3.63, 3.8) is 0 Å². The van der Waals surface area contributed by atoms with E-state index in [1.54, 1.807) is 0 Å². The van der Waals surface area contributed by atoms with Crippen LogP contribution in [0.3, 0.4) is 0 Å². The molecule has 0 spiro atoms. The van der Waals surface area contributed by atoms with E-state index >= 15 is 0 Å². The predicted molar refractivity (Wildman–Crippen MR) is 147 cm³/mol. The third-order valence-corrected chi connectivity index (χ3v) is 8.50. The Labute approximate surface area is 218 Å². The van der Waals surface area contributed by atoms with E-state index in [1.165, 1.54) is 12.0 Å². The molecule has 2 unspecified atom stereocenters. The summed E-state index contributed by atoms with van der Waals surface area (Å²) in [5.74, 6) is 1.03. The van der Waals surface area contributed by atoms with Crippen LogP contribution in [0, 0.1) is 0 Å². The molecule has 4 heterocycles. The second-order valence-electron chi connectivity index (χ2n) is 10.4. The van der Waals surface area contributed by atoms with Crippen LogP contribution in [0.2, 0.25) is 5.02 Å². The fourth-order valence-electron chi connectivity index (χ4n) is 5.99. The van der Waals surface area contributed by atoms with Crippen molar-refractivity contribution in [2.75, 3.05) is 56.7 Å². The minimum Gasteiger partial charge on any atom is -0.462 e. The SMILES string of the molecule is CN1CCCC1COc1nc2c(c(N(C)C3CCNC3)n1)CCN(c1cccc3cccc(Cl)c13)C2. The molecule has 1 aromatic heterocycles. The third-order valence-electron chi connectivity index (χ3n) is 8.19. The van der Waals surface area contributed by atoms with Gasteiger partial charge in [-0.25, -0.2) is 0 Å². The Kier molecular flexibility index (Phi) is 6.63. The average molecular weight is 507 g/mol. The van der Waals surface area contributed by atoms with Gasteiger partial charge in [0.1, 0.15) is 12.4 Å². The molecular weight excluding hydrogens is 472 g/mol. The monoisotopic (exact) mass is 506 g/mol. The maximum absolute atomic E-state index is 6.67. The molecule has 2 atom stereocenters. The van der Waals surface area contributed by atoms with Crippen LogP contribution in [0.15, 0.2) is 36.4 Å².